The number of carbonyl (C=O) groups is 1. The van der Waals surface area contributed by atoms with E-state index in [0.29, 0.717) is 17.5 Å². The van der Waals surface area contributed by atoms with Gasteiger partial charge in [0.15, 0.2) is 0 Å². The number of amides is 1. The molecule has 1 saturated carbocycles. The van der Waals surface area contributed by atoms with Crippen molar-refractivity contribution in [1.82, 2.24) is 14.9 Å². The quantitative estimate of drug-likeness (QED) is 0.857. The van der Waals surface area contributed by atoms with Gasteiger partial charge in [0, 0.05) is 41.7 Å². The molecule has 2 fully saturated rings. The first-order valence-corrected chi connectivity index (χ1v) is 10.2. The van der Waals surface area contributed by atoms with Crippen LogP contribution >= 0.6 is 11.6 Å². The zero-order chi connectivity index (χ0) is 18.8. The van der Waals surface area contributed by atoms with Crippen molar-refractivity contribution < 1.29 is 4.79 Å². The van der Waals surface area contributed by atoms with Crippen LogP contribution in [-0.2, 0) is 4.79 Å². The summed E-state index contributed by atoms with van der Waals surface area (Å²) in [5, 5.41) is 0.697. The molecule has 0 radical (unpaired) electrons. The number of nitrogens with two attached hydrogens (primary N) is 1. The van der Waals surface area contributed by atoms with E-state index in [0.717, 1.165) is 49.0 Å². The van der Waals surface area contributed by atoms with Crippen molar-refractivity contribution in [1.29, 1.82) is 0 Å². The molecule has 0 spiro atoms. The van der Waals surface area contributed by atoms with Gasteiger partial charge in [-0.1, -0.05) is 36.6 Å². The summed E-state index contributed by atoms with van der Waals surface area (Å²) < 4.78 is 0. The van der Waals surface area contributed by atoms with Crippen molar-refractivity contribution in [3.63, 3.8) is 0 Å². The van der Waals surface area contributed by atoms with Crippen LogP contribution in [0, 0.1) is 5.92 Å². The maximum Gasteiger partial charge on any atom is 0.225 e. The summed E-state index contributed by atoms with van der Waals surface area (Å²) in [6.07, 6.45) is 8.22. The molecule has 0 unspecified atom stereocenters. The Kier molecular flexibility index (Phi) is 5.30. The maximum atomic E-state index is 12.9. The van der Waals surface area contributed by atoms with E-state index in [1.165, 1.54) is 12.8 Å². The molecule has 1 aromatic heterocycles. The summed E-state index contributed by atoms with van der Waals surface area (Å²) in [6, 6.07) is 7.69. The van der Waals surface area contributed by atoms with Crippen molar-refractivity contribution in [3.05, 3.63) is 41.2 Å². The van der Waals surface area contributed by atoms with E-state index in [2.05, 4.69) is 9.97 Å². The van der Waals surface area contributed by atoms with Gasteiger partial charge in [-0.05, 0) is 43.4 Å². The molecule has 142 valence electrons. The van der Waals surface area contributed by atoms with Gasteiger partial charge in [-0.3, -0.25) is 4.79 Å². The molecule has 5 nitrogen and oxygen atoms in total. The lowest BCUT2D eigenvalue weighted by Crippen LogP contribution is -2.42. The van der Waals surface area contributed by atoms with E-state index in [9.17, 15) is 4.79 Å². The highest BCUT2D eigenvalue weighted by atomic mass is 35.5. The summed E-state index contributed by atoms with van der Waals surface area (Å²) in [5.74, 6) is 1.00. The minimum Gasteiger partial charge on any atom is -0.368 e. The number of likely N-dealkylation sites (tertiary alicyclic amines) is 1. The van der Waals surface area contributed by atoms with Crippen molar-refractivity contribution >= 4 is 23.5 Å². The van der Waals surface area contributed by atoms with Crippen molar-refractivity contribution in [2.24, 2.45) is 5.92 Å². The molecule has 27 heavy (non-hydrogen) atoms. The molecule has 1 atom stereocenters. The normalized spacial score (nSPS) is 20.8. The van der Waals surface area contributed by atoms with Crippen LogP contribution < -0.4 is 5.73 Å². The second-order valence-electron chi connectivity index (χ2n) is 7.64. The molecule has 1 aromatic carbocycles. The van der Waals surface area contributed by atoms with Gasteiger partial charge < -0.3 is 10.6 Å². The van der Waals surface area contributed by atoms with Gasteiger partial charge in [-0.2, -0.15) is 0 Å². The van der Waals surface area contributed by atoms with Crippen LogP contribution in [0.15, 0.2) is 30.5 Å². The van der Waals surface area contributed by atoms with Gasteiger partial charge in [0.25, 0.3) is 0 Å². The highest BCUT2D eigenvalue weighted by molar-refractivity contribution is 6.30. The van der Waals surface area contributed by atoms with Gasteiger partial charge >= 0.3 is 0 Å². The zero-order valence-corrected chi connectivity index (χ0v) is 16.2. The highest BCUT2D eigenvalue weighted by Crippen LogP contribution is 2.35. The number of nitrogens with zero attached hydrogens (tertiary/aromatic N) is 3. The number of anilines is 1. The SMILES string of the molecule is Nc1ncc(-c2ccc(Cl)cc2)c([C@@H]2CCCN(C(=O)C3CCCC3)C2)n1. The molecular formula is C21H25ClN4O. The Morgan fingerprint density at radius 1 is 1.11 bits per heavy atom. The Balaban J connectivity index is 1.61. The molecule has 2 aliphatic rings. The van der Waals surface area contributed by atoms with Gasteiger partial charge in [-0.15, -0.1) is 0 Å². The number of hydrogen-bond donors (Lipinski definition) is 1. The van der Waals surface area contributed by atoms with E-state index in [4.69, 9.17) is 17.3 Å². The van der Waals surface area contributed by atoms with Crippen molar-refractivity contribution in [2.75, 3.05) is 18.8 Å². The number of nitrogen functional groups attached to an aromatic ring is 1. The van der Waals surface area contributed by atoms with Gasteiger partial charge in [-0.25, -0.2) is 9.97 Å². The number of carbonyl (C=O) groups excluding carboxylic acids is 1. The monoisotopic (exact) mass is 384 g/mol. The topological polar surface area (TPSA) is 72.1 Å². The molecule has 1 amide bonds. The van der Waals surface area contributed by atoms with Crippen molar-refractivity contribution in [3.8, 4) is 11.1 Å². The Morgan fingerprint density at radius 3 is 2.59 bits per heavy atom. The first kappa shape index (κ1) is 18.2. The number of rotatable bonds is 3. The summed E-state index contributed by atoms with van der Waals surface area (Å²) in [4.78, 5) is 23.7. The molecule has 0 bridgehead atoms. The standard InChI is InChI=1S/C21H25ClN4O/c22-17-9-7-14(8-10-17)18-12-24-21(23)25-19(18)16-6-3-11-26(13-16)20(27)15-4-1-2-5-15/h7-10,12,15-16H,1-6,11,13H2,(H2,23,24,25)/t16-/m1/s1. The van der Waals surface area contributed by atoms with Crippen LogP contribution in [0.4, 0.5) is 5.95 Å². The molecule has 2 N–H and O–H groups in total. The fraction of sp³-hybridized carbons (Fsp3) is 0.476. The van der Waals surface area contributed by atoms with E-state index in [1.807, 2.05) is 29.2 Å². The third-order valence-electron chi connectivity index (χ3n) is 5.82. The molecule has 1 aliphatic heterocycles. The number of benzene rings is 1. The Morgan fingerprint density at radius 2 is 1.85 bits per heavy atom. The summed E-state index contributed by atoms with van der Waals surface area (Å²) >= 11 is 6.03. The smallest absolute Gasteiger partial charge is 0.225 e. The highest BCUT2D eigenvalue weighted by Gasteiger charge is 2.32. The average molecular weight is 385 g/mol. The zero-order valence-electron chi connectivity index (χ0n) is 15.4. The number of aromatic nitrogens is 2. The number of hydrogen-bond acceptors (Lipinski definition) is 4. The molecule has 6 heteroatoms. The lowest BCUT2D eigenvalue weighted by Gasteiger charge is -2.34. The minimum absolute atomic E-state index is 0.181. The minimum atomic E-state index is 0.181. The third-order valence-corrected chi connectivity index (χ3v) is 6.07. The predicted octanol–water partition coefficient (Wildman–Crippen LogP) is 4.28. The maximum absolute atomic E-state index is 12.9. The molecule has 2 aromatic rings. The first-order chi connectivity index (χ1) is 13.1. The Hall–Kier alpha value is -2.14. The molecule has 2 heterocycles. The fourth-order valence-corrected chi connectivity index (χ4v) is 4.53. The second-order valence-corrected chi connectivity index (χ2v) is 8.08. The van der Waals surface area contributed by atoms with Gasteiger partial charge in [0.2, 0.25) is 11.9 Å². The number of halogens is 1. The Bertz CT molecular complexity index is 817. The van der Waals surface area contributed by atoms with E-state index < -0.39 is 0 Å². The van der Waals surface area contributed by atoms with Crippen molar-refractivity contribution in [2.45, 2.75) is 44.4 Å². The summed E-state index contributed by atoms with van der Waals surface area (Å²) in [5.41, 5.74) is 8.84. The Labute approximate surface area is 164 Å². The van der Waals surface area contributed by atoms with Crippen LogP contribution in [0.5, 0.6) is 0 Å². The average Bonchev–Trinajstić information content (AvgIpc) is 3.23. The number of piperidine rings is 1. The fourth-order valence-electron chi connectivity index (χ4n) is 4.40. The summed E-state index contributed by atoms with van der Waals surface area (Å²) in [7, 11) is 0. The molecule has 4 rings (SSSR count). The molecular weight excluding hydrogens is 360 g/mol. The van der Waals surface area contributed by atoms with Crippen LogP contribution in [0.1, 0.15) is 50.1 Å². The molecule has 1 aliphatic carbocycles. The molecule has 1 saturated heterocycles. The summed E-state index contributed by atoms with van der Waals surface area (Å²) in [6.45, 7) is 1.56. The van der Waals surface area contributed by atoms with E-state index in [-0.39, 0.29) is 17.8 Å². The van der Waals surface area contributed by atoms with E-state index in [1.54, 1.807) is 6.20 Å². The lowest BCUT2D eigenvalue weighted by atomic mass is 9.89. The van der Waals surface area contributed by atoms with Gasteiger partial charge in [0.1, 0.15) is 0 Å². The second kappa shape index (κ2) is 7.85. The van der Waals surface area contributed by atoms with Gasteiger partial charge in [0.05, 0.1) is 5.69 Å². The van der Waals surface area contributed by atoms with E-state index >= 15 is 0 Å². The van der Waals surface area contributed by atoms with Crippen LogP contribution in [0.3, 0.4) is 0 Å². The van der Waals surface area contributed by atoms with Crippen LogP contribution in [0.2, 0.25) is 5.02 Å². The third kappa shape index (κ3) is 3.93. The first-order valence-electron chi connectivity index (χ1n) is 9.79. The lowest BCUT2D eigenvalue weighted by molar-refractivity contribution is -0.136. The van der Waals surface area contributed by atoms with Crippen LogP contribution in [-0.4, -0.2) is 33.9 Å². The predicted molar refractivity (Wildman–Crippen MR) is 107 cm³/mol. The largest absolute Gasteiger partial charge is 0.368 e. The van der Waals surface area contributed by atoms with Crippen LogP contribution in [0.25, 0.3) is 11.1 Å².